The van der Waals surface area contributed by atoms with Crippen LogP contribution in [0.3, 0.4) is 0 Å². The van der Waals surface area contributed by atoms with Crippen LogP contribution in [0.25, 0.3) is 0 Å². The summed E-state index contributed by atoms with van der Waals surface area (Å²) < 4.78 is 0. The fourth-order valence-electron chi connectivity index (χ4n) is 0.558. The van der Waals surface area contributed by atoms with Gasteiger partial charge in [-0.15, -0.1) is 0 Å². The SMILES string of the molecule is C.C.C.C.C.C.CCCCC.CCSCC. The molecule has 0 aliphatic heterocycles. The second kappa shape index (κ2) is 78.4. The Morgan fingerprint density at radius 1 is 0.562 bits per heavy atom. The van der Waals surface area contributed by atoms with Gasteiger partial charge >= 0.3 is 0 Å². The van der Waals surface area contributed by atoms with Crippen molar-refractivity contribution in [3.05, 3.63) is 0 Å². The summed E-state index contributed by atoms with van der Waals surface area (Å²) in [6.07, 6.45) is 4.08. The predicted molar refractivity (Wildman–Crippen MR) is 94.3 cm³/mol. The van der Waals surface area contributed by atoms with Crippen LogP contribution < -0.4 is 0 Å². The summed E-state index contributed by atoms with van der Waals surface area (Å²) in [5.74, 6) is 2.52. The van der Waals surface area contributed by atoms with Crippen LogP contribution in [0, 0.1) is 0 Å². The van der Waals surface area contributed by atoms with E-state index in [0.29, 0.717) is 0 Å². The van der Waals surface area contributed by atoms with Crippen LogP contribution in [-0.4, -0.2) is 11.5 Å². The number of rotatable bonds is 4. The highest BCUT2D eigenvalue weighted by molar-refractivity contribution is 7.99. The standard InChI is InChI=1S/C5H12.C4H10S.6CH4/c2*1-3-5-4-2;;;;;;/h3-5H2,1-2H3;3-4H2,1-2H3;6*1H4. The molecule has 0 aliphatic carbocycles. The van der Waals surface area contributed by atoms with Gasteiger partial charge in [-0.05, 0) is 11.5 Å². The minimum atomic E-state index is 0. The second-order valence-electron chi connectivity index (χ2n) is 2.14. The van der Waals surface area contributed by atoms with Gasteiger partial charge in [-0.2, -0.15) is 11.8 Å². The van der Waals surface area contributed by atoms with Gasteiger partial charge in [0.1, 0.15) is 0 Å². The summed E-state index contributed by atoms with van der Waals surface area (Å²) in [4.78, 5) is 0. The topological polar surface area (TPSA) is 0 Å². The summed E-state index contributed by atoms with van der Waals surface area (Å²) in [7, 11) is 0. The van der Waals surface area contributed by atoms with E-state index in [4.69, 9.17) is 0 Å². The third-order valence-corrected chi connectivity index (χ3v) is 1.93. The molecule has 0 fully saturated rings. The van der Waals surface area contributed by atoms with Crippen LogP contribution in [-0.2, 0) is 0 Å². The molecule has 0 spiro atoms. The van der Waals surface area contributed by atoms with Gasteiger partial charge in [0.25, 0.3) is 0 Å². The van der Waals surface area contributed by atoms with E-state index >= 15 is 0 Å². The zero-order valence-corrected chi connectivity index (χ0v) is 8.76. The summed E-state index contributed by atoms with van der Waals surface area (Å²) >= 11 is 1.96. The molecular formula is C15H46S. The molecule has 0 saturated heterocycles. The first-order valence-corrected chi connectivity index (χ1v) is 5.56. The van der Waals surface area contributed by atoms with Crippen LogP contribution >= 0.6 is 11.8 Å². The Kier molecular flexibility index (Phi) is 271. The van der Waals surface area contributed by atoms with Gasteiger partial charge in [-0.25, -0.2) is 0 Å². The first kappa shape index (κ1) is 55.3. The summed E-state index contributed by atoms with van der Waals surface area (Å²) in [6.45, 7) is 8.77. The van der Waals surface area contributed by atoms with Crippen LogP contribution in [0.1, 0.15) is 91.5 Å². The Labute approximate surface area is 115 Å². The molecule has 0 unspecified atom stereocenters. The molecule has 1 heteroatoms. The van der Waals surface area contributed by atoms with E-state index in [1.807, 2.05) is 11.8 Å². The van der Waals surface area contributed by atoms with Crippen molar-refractivity contribution in [2.45, 2.75) is 91.5 Å². The highest BCUT2D eigenvalue weighted by Gasteiger charge is 1.68. The molecule has 112 valence electrons. The molecule has 0 saturated carbocycles. The Morgan fingerprint density at radius 2 is 0.812 bits per heavy atom. The third-order valence-electron chi connectivity index (χ3n) is 1.12. The lowest BCUT2D eigenvalue weighted by molar-refractivity contribution is 0.772. The van der Waals surface area contributed by atoms with E-state index in [1.54, 1.807) is 0 Å². The van der Waals surface area contributed by atoms with Gasteiger partial charge in [-0.1, -0.05) is 91.5 Å². The van der Waals surface area contributed by atoms with Crippen LogP contribution in [0.15, 0.2) is 0 Å². The third kappa shape index (κ3) is 135. The Bertz CT molecular complexity index is 26.4. The molecule has 0 rings (SSSR count). The smallest absolute Gasteiger partial charge is 0.00961 e. The fraction of sp³-hybridized carbons (Fsp3) is 1.00. The van der Waals surface area contributed by atoms with Crippen molar-refractivity contribution in [1.29, 1.82) is 0 Å². The van der Waals surface area contributed by atoms with Gasteiger partial charge in [0.15, 0.2) is 0 Å². The number of hydrogen-bond acceptors (Lipinski definition) is 1. The fourth-order valence-corrected chi connectivity index (χ4v) is 0.966. The van der Waals surface area contributed by atoms with E-state index in [2.05, 4.69) is 27.7 Å². The van der Waals surface area contributed by atoms with Gasteiger partial charge in [0.2, 0.25) is 0 Å². The maximum absolute atomic E-state index is 2.21. The Hall–Kier alpha value is 0.350. The maximum atomic E-state index is 2.21. The quantitative estimate of drug-likeness (QED) is 0.496. The minimum absolute atomic E-state index is 0. The van der Waals surface area contributed by atoms with E-state index < -0.39 is 0 Å². The van der Waals surface area contributed by atoms with Crippen molar-refractivity contribution < 1.29 is 0 Å². The number of hydrogen-bond donors (Lipinski definition) is 0. The van der Waals surface area contributed by atoms with Crippen molar-refractivity contribution in [3.8, 4) is 0 Å². The molecule has 0 N–H and O–H groups in total. The first-order chi connectivity index (χ1) is 4.83. The lowest BCUT2D eigenvalue weighted by atomic mass is 10.3. The molecule has 0 aromatic heterocycles. The van der Waals surface area contributed by atoms with Gasteiger partial charge in [0.05, 0.1) is 0 Å². The molecule has 0 radical (unpaired) electrons. The zero-order valence-electron chi connectivity index (χ0n) is 7.94. The van der Waals surface area contributed by atoms with Gasteiger partial charge in [0, 0.05) is 0 Å². The van der Waals surface area contributed by atoms with Crippen LogP contribution in [0.4, 0.5) is 0 Å². The summed E-state index contributed by atoms with van der Waals surface area (Å²) in [6, 6.07) is 0. The van der Waals surface area contributed by atoms with Crippen molar-refractivity contribution in [2.24, 2.45) is 0 Å². The molecule has 0 aromatic carbocycles. The molecule has 0 bridgehead atoms. The van der Waals surface area contributed by atoms with Crippen molar-refractivity contribution in [3.63, 3.8) is 0 Å². The van der Waals surface area contributed by atoms with Crippen molar-refractivity contribution >= 4 is 11.8 Å². The van der Waals surface area contributed by atoms with Crippen molar-refractivity contribution in [2.75, 3.05) is 11.5 Å². The molecule has 0 atom stereocenters. The average Bonchev–Trinajstić information content (AvgIpc) is 1.93. The van der Waals surface area contributed by atoms with Crippen molar-refractivity contribution in [1.82, 2.24) is 0 Å². The molecule has 0 amide bonds. The monoisotopic (exact) mass is 258 g/mol. The maximum Gasteiger partial charge on any atom is -0.00961 e. The van der Waals surface area contributed by atoms with Gasteiger partial charge < -0.3 is 0 Å². The lowest BCUT2D eigenvalue weighted by Gasteiger charge is -1.80. The highest BCUT2D eigenvalue weighted by atomic mass is 32.2. The Balaban J connectivity index is -0.00000000970. The van der Waals surface area contributed by atoms with E-state index in [-0.39, 0.29) is 44.6 Å². The number of unbranched alkanes of at least 4 members (excludes halogenated alkanes) is 2. The van der Waals surface area contributed by atoms with E-state index in [0.717, 1.165) is 0 Å². The first-order valence-electron chi connectivity index (χ1n) is 4.41. The van der Waals surface area contributed by atoms with E-state index in [1.165, 1.54) is 30.8 Å². The number of thioether (sulfide) groups is 1. The normalized spacial score (nSPS) is 5.25. The molecular weight excluding hydrogens is 212 g/mol. The highest BCUT2D eigenvalue weighted by Crippen LogP contribution is 1.93. The Morgan fingerprint density at radius 3 is 0.812 bits per heavy atom. The molecule has 0 aliphatic rings. The summed E-state index contributed by atoms with van der Waals surface area (Å²) in [5, 5.41) is 0. The van der Waals surface area contributed by atoms with Crippen LogP contribution in [0.5, 0.6) is 0 Å². The molecule has 16 heavy (non-hydrogen) atoms. The summed E-state index contributed by atoms with van der Waals surface area (Å²) in [5.41, 5.74) is 0. The predicted octanol–water partition coefficient (Wildman–Crippen LogP) is 7.77. The average molecular weight is 259 g/mol. The van der Waals surface area contributed by atoms with Gasteiger partial charge in [-0.3, -0.25) is 0 Å². The molecule has 0 nitrogen and oxygen atoms in total. The second-order valence-corrected chi connectivity index (χ2v) is 3.70. The molecule has 0 aromatic rings. The lowest BCUT2D eigenvalue weighted by Crippen LogP contribution is -1.64. The largest absolute Gasteiger partial charge is 0.163 e. The minimum Gasteiger partial charge on any atom is -0.163 e. The van der Waals surface area contributed by atoms with Crippen LogP contribution in [0.2, 0.25) is 0 Å². The zero-order chi connectivity index (χ0) is 8.24. The molecule has 0 heterocycles. The van der Waals surface area contributed by atoms with E-state index in [9.17, 15) is 0 Å².